The molecule has 1 aliphatic rings. The monoisotopic (exact) mass is 282 g/mol. The van der Waals surface area contributed by atoms with Crippen molar-refractivity contribution in [3.63, 3.8) is 0 Å². The summed E-state index contributed by atoms with van der Waals surface area (Å²) in [4.78, 5) is 24.3. The van der Waals surface area contributed by atoms with Gasteiger partial charge < -0.3 is 5.32 Å². The highest BCUT2D eigenvalue weighted by Gasteiger charge is 2.34. The Labute approximate surface area is 102 Å². The van der Waals surface area contributed by atoms with E-state index < -0.39 is 6.04 Å². The van der Waals surface area contributed by atoms with Crippen molar-refractivity contribution in [3.05, 3.63) is 34.3 Å². The van der Waals surface area contributed by atoms with E-state index in [0.29, 0.717) is 6.54 Å². The molecule has 16 heavy (non-hydrogen) atoms. The average Bonchev–Trinajstić information content (AvgIpc) is 2.48. The van der Waals surface area contributed by atoms with Crippen LogP contribution in [0.5, 0.6) is 0 Å². The smallest absolute Gasteiger partial charge is 0.325 e. The van der Waals surface area contributed by atoms with Gasteiger partial charge in [0, 0.05) is 4.47 Å². The van der Waals surface area contributed by atoms with E-state index in [1.807, 2.05) is 24.3 Å². The van der Waals surface area contributed by atoms with Crippen molar-refractivity contribution in [1.82, 2.24) is 10.2 Å². The summed E-state index contributed by atoms with van der Waals surface area (Å²) in [5.41, 5.74) is 0.931. The zero-order valence-corrected chi connectivity index (χ0v) is 10.3. The summed E-state index contributed by atoms with van der Waals surface area (Å²) in [7, 11) is 0. The molecule has 84 valence electrons. The minimum atomic E-state index is -0.414. The molecule has 4 nitrogen and oxygen atoms in total. The zero-order chi connectivity index (χ0) is 11.7. The normalized spacial score (nSPS) is 20.1. The Morgan fingerprint density at radius 3 is 2.44 bits per heavy atom. The molecule has 1 heterocycles. The summed E-state index contributed by atoms with van der Waals surface area (Å²) in [6, 6.07) is 6.80. The number of nitrogens with one attached hydrogen (secondary N) is 1. The summed E-state index contributed by atoms with van der Waals surface area (Å²) in [6.45, 7) is 2.00. The van der Waals surface area contributed by atoms with E-state index in [1.165, 1.54) is 4.90 Å². The molecule has 1 saturated heterocycles. The number of benzene rings is 1. The molecule has 0 aliphatic carbocycles. The molecule has 5 heteroatoms. The summed E-state index contributed by atoms with van der Waals surface area (Å²) >= 11 is 3.33. The number of amides is 3. The summed E-state index contributed by atoms with van der Waals surface area (Å²) in [5.74, 6) is -0.173. The third-order valence-corrected chi connectivity index (χ3v) is 3.00. The minimum Gasteiger partial charge on any atom is -0.326 e. The van der Waals surface area contributed by atoms with Crippen molar-refractivity contribution in [1.29, 1.82) is 0 Å². The summed E-state index contributed by atoms with van der Waals surface area (Å²) in [5, 5.41) is 2.58. The van der Waals surface area contributed by atoms with Gasteiger partial charge in [-0.25, -0.2) is 4.79 Å². The molecule has 1 fully saturated rings. The molecule has 1 atom stereocenters. The van der Waals surface area contributed by atoms with E-state index in [4.69, 9.17) is 0 Å². The number of imide groups is 1. The third kappa shape index (κ3) is 2.09. The lowest BCUT2D eigenvalue weighted by atomic mass is 10.2. The van der Waals surface area contributed by atoms with Crippen LogP contribution in [0.3, 0.4) is 0 Å². The highest BCUT2D eigenvalue weighted by Crippen LogP contribution is 2.15. The number of carbonyl (C=O) groups excluding carboxylic acids is 2. The number of halogens is 1. The second-order valence-corrected chi connectivity index (χ2v) is 4.64. The van der Waals surface area contributed by atoms with Crippen LogP contribution in [0.25, 0.3) is 0 Å². The molecular weight excluding hydrogens is 272 g/mol. The Morgan fingerprint density at radius 1 is 1.31 bits per heavy atom. The van der Waals surface area contributed by atoms with Gasteiger partial charge >= 0.3 is 6.03 Å². The number of urea groups is 1. The maximum atomic E-state index is 11.6. The maximum absolute atomic E-state index is 11.6. The van der Waals surface area contributed by atoms with Gasteiger partial charge in [0.1, 0.15) is 6.04 Å². The molecule has 1 aromatic rings. The van der Waals surface area contributed by atoms with Gasteiger partial charge in [0.2, 0.25) is 0 Å². The van der Waals surface area contributed by atoms with Crippen LogP contribution >= 0.6 is 15.9 Å². The van der Waals surface area contributed by atoms with Gasteiger partial charge in [-0.3, -0.25) is 9.69 Å². The molecule has 0 bridgehead atoms. The van der Waals surface area contributed by atoms with Gasteiger partial charge in [0.25, 0.3) is 5.91 Å². The molecule has 1 unspecified atom stereocenters. The lowest BCUT2D eigenvalue weighted by Crippen LogP contribution is -2.30. The zero-order valence-electron chi connectivity index (χ0n) is 8.74. The van der Waals surface area contributed by atoms with Crippen molar-refractivity contribution in [3.8, 4) is 0 Å². The molecule has 0 radical (unpaired) electrons. The highest BCUT2D eigenvalue weighted by molar-refractivity contribution is 9.10. The molecule has 3 amide bonds. The van der Waals surface area contributed by atoms with Crippen LogP contribution in [-0.2, 0) is 11.3 Å². The SMILES string of the molecule is CC1NC(=O)N(Cc2ccc(Br)cc2)C1=O. The number of nitrogens with zero attached hydrogens (tertiary/aromatic N) is 1. The third-order valence-electron chi connectivity index (χ3n) is 2.48. The van der Waals surface area contributed by atoms with E-state index >= 15 is 0 Å². The van der Waals surface area contributed by atoms with Crippen LogP contribution in [-0.4, -0.2) is 22.9 Å². The predicted molar refractivity (Wildman–Crippen MR) is 62.7 cm³/mol. The maximum Gasteiger partial charge on any atom is 0.325 e. The highest BCUT2D eigenvalue weighted by atomic mass is 79.9. The van der Waals surface area contributed by atoms with Crippen molar-refractivity contribution < 1.29 is 9.59 Å². The molecule has 1 aliphatic heterocycles. The van der Waals surface area contributed by atoms with Gasteiger partial charge in [-0.05, 0) is 24.6 Å². The topological polar surface area (TPSA) is 49.4 Å². The fourth-order valence-electron chi connectivity index (χ4n) is 1.58. The van der Waals surface area contributed by atoms with Crippen LogP contribution in [0.1, 0.15) is 12.5 Å². The lowest BCUT2D eigenvalue weighted by Gasteiger charge is -2.12. The summed E-state index contributed by atoms with van der Waals surface area (Å²) < 4.78 is 0.974. The number of rotatable bonds is 2. The predicted octanol–water partition coefficient (Wildman–Crippen LogP) is 1.89. The van der Waals surface area contributed by atoms with Crippen LogP contribution in [0.4, 0.5) is 4.79 Å². The van der Waals surface area contributed by atoms with Crippen LogP contribution < -0.4 is 5.32 Å². The Kier molecular flexibility index (Phi) is 2.96. The van der Waals surface area contributed by atoms with Gasteiger partial charge in [-0.15, -0.1) is 0 Å². The molecule has 1 N–H and O–H groups in total. The average molecular weight is 283 g/mol. The standard InChI is InChI=1S/C11H11BrN2O2/c1-7-10(15)14(11(16)13-7)6-8-2-4-9(12)5-3-8/h2-5,7H,6H2,1H3,(H,13,16). The first kappa shape index (κ1) is 11.1. The van der Waals surface area contributed by atoms with Gasteiger partial charge in [0.15, 0.2) is 0 Å². The minimum absolute atomic E-state index is 0.173. The van der Waals surface area contributed by atoms with E-state index in [1.54, 1.807) is 6.92 Å². The lowest BCUT2D eigenvalue weighted by molar-refractivity contribution is -0.127. The number of carbonyl (C=O) groups is 2. The largest absolute Gasteiger partial charge is 0.326 e. The quantitative estimate of drug-likeness (QED) is 0.843. The molecule has 1 aromatic carbocycles. The molecule has 2 rings (SSSR count). The van der Waals surface area contributed by atoms with E-state index in [0.717, 1.165) is 10.0 Å². The summed E-state index contributed by atoms with van der Waals surface area (Å²) in [6.07, 6.45) is 0. The van der Waals surface area contributed by atoms with Crippen LogP contribution in [0.15, 0.2) is 28.7 Å². The second-order valence-electron chi connectivity index (χ2n) is 3.72. The molecule has 0 saturated carbocycles. The Morgan fingerprint density at radius 2 is 1.94 bits per heavy atom. The van der Waals surface area contributed by atoms with Gasteiger partial charge in [-0.1, -0.05) is 28.1 Å². The fraction of sp³-hybridized carbons (Fsp3) is 0.273. The van der Waals surface area contributed by atoms with Crippen LogP contribution in [0.2, 0.25) is 0 Å². The fourth-order valence-corrected chi connectivity index (χ4v) is 1.85. The van der Waals surface area contributed by atoms with Crippen LogP contribution in [0, 0.1) is 0 Å². The second kappa shape index (κ2) is 4.25. The van der Waals surface area contributed by atoms with E-state index in [-0.39, 0.29) is 11.9 Å². The Hall–Kier alpha value is -1.36. The number of hydrogen-bond donors (Lipinski definition) is 1. The van der Waals surface area contributed by atoms with Crippen molar-refractivity contribution in [2.24, 2.45) is 0 Å². The van der Waals surface area contributed by atoms with E-state index in [2.05, 4.69) is 21.2 Å². The first-order chi connectivity index (χ1) is 7.58. The number of hydrogen-bond acceptors (Lipinski definition) is 2. The van der Waals surface area contributed by atoms with Crippen molar-refractivity contribution in [2.75, 3.05) is 0 Å². The molecule has 0 spiro atoms. The van der Waals surface area contributed by atoms with Crippen molar-refractivity contribution >= 4 is 27.9 Å². The first-order valence-corrected chi connectivity index (χ1v) is 5.73. The van der Waals surface area contributed by atoms with Crippen molar-refractivity contribution in [2.45, 2.75) is 19.5 Å². The molecule has 0 aromatic heterocycles. The molecular formula is C11H11BrN2O2. The Balaban J connectivity index is 2.13. The van der Waals surface area contributed by atoms with E-state index in [9.17, 15) is 9.59 Å². The Bertz CT molecular complexity index is 430. The van der Waals surface area contributed by atoms with Gasteiger partial charge in [-0.2, -0.15) is 0 Å². The first-order valence-electron chi connectivity index (χ1n) is 4.94. The van der Waals surface area contributed by atoms with Gasteiger partial charge in [0.05, 0.1) is 6.54 Å².